The molecule has 1 atom stereocenters. The van der Waals surface area contributed by atoms with Gasteiger partial charge in [0.2, 0.25) is 5.88 Å². The lowest BCUT2D eigenvalue weighted by molar-refractivity contribution is 0.264. The number of ether oxygens (including phenoxy) is 1. The molecule has 3 rings (SSSR count). The van der Waals surface area contributed by atoms with Crippen LogP contribution in [0.5, 0.6) is 5.88 Å². The lowest BCUT2D eigenvalue weighted by Gasteiger charge is -2.16. The van der Waals surface area contributed by atoms with Crippen LogP contribution in [0.2, 0.25) is 0 Å². The number of rotatable bonds is 7. The Morgan fingerprint density at radius 2 is 1.93 bits per heavy atom. The highest BCUT2D eigenvalue weighted by Crippen LogP contribution is 2.35. The van der Waals surface area contributed by atoms with E-state index in [9.17, 15) is 5.11 Å². The molecule has 3 aromatic heterocycles. The van der Waals surface area contributed by atoms with E-state index in [0.717, 1.165) is 46.4 Å². The number of hydrogen-bond donors (Lipinski definition) is 1. The standard InChI is InChI=1S/C23H31N3O2/c1-7-17-12-20-21(15(4)13-26(20)16(5)10-11-27)25-22(17)18-8-9-19(14(2)3)24-23(18)28-6/h8-9,12-14,16,27H,7,10-11H2,1-6H3/t16-/m1/s1. The van der Waals surface area contributed by atoms with E-state index in [4.69, 9.17) is 14.7 Å². The van der Waals surface area contributed by atoms with E-state index in [2.05, 4.69) is 63.6 Å². The van der Waals surface area contributed by atoms with Gasteiger partial charge in [-0.25, -0.2) is 9.97 Å². The van der Waals surface area contributed by atoms with E-state index >= 15 is 0 Å². The summed E-state index contributed by atoms with van der Waals surface area (Å²) in [4.78, 5) is 9.77. The number of hydrogen-bond acceptors (Lipinski definition) is 4. The van der Waals surface area contributed by atoms with Gasteiger partial charge in [0, 0.05) is 24.5 Å². The van der Waals surface area contributed by atoms with E-state index in [0.29, 0.717) is 11.8 Å². The molecule has 150 valence electrons. The maximum Gasteiger partial charge on any atom is 0.222 e. The number of pyridine rings is 2. The van der Waals surface area contributed by atoms with E-state index in [1.165, 1.54) is 5.56 Å². The van der Waals surface area contributed by atoms with Crippen molar-refractivity contribution in [3.05, 3.63) is 41.2 Å². The minimum absolute atomic E-state index is 0.178. The van der Waals surface area contributed by atoms with Crippen molar-refractivity contribution in [3.63, 3.8) is 0 Å². The van der Waals surface area contributed by atoms with Crippen LogP contribution in [0.4, 0.5) is 0 Å². The summed E-state index contributed by atoms with van der Waals surface area (Å²) in [5, 5.41) is 9.34. The largest absolute Gasteiger partial charge is 0.480 e. The Balaban J connectivity index is 2.21. The molecule has 1 N–H and O–H groups in total. The Morgan fingerprint density at radius 3 is 2.54 bits per heavy atom. The Kier molecular flexibility index (Phi) is 6.04. The van der Waals surface area contributed by atoms with Gasteiger partial charge in [-0.15, -0.1) is 0 Å². The number of aromatic nitrogens is 3. The van der Waals surface area contributed by atoms with Crippen molar-refractivity contribution < 1.29 is 9.84 Å². The maximum atomic E-state index is 9.34. The van der Waals surface area contributed by atoms with E-state index in [1.807, 2.05) is 0 Å². The highest BCUT2D eigenvalue weighted by atomic mass is 16.5. The number of aliphatic hydroxyl groups excluding tert-OH is 1. The van der Waals surface area contributed by atoms with Gasteiger partial charge in [-0.2, -0.15) is 0 Å². The van der Waals surface area contributed by atoms with Crippen LogP contribution in [-0.2, 0) is 6.42 Å². The first-order chi connectivity index (χ1) is 13.4. The summed E-state index contributed by atoms with van der Waals surface area (Å²) in [6.07, 6.45) is 3.73. The maximum absolute atomic E-state index is 9.34. The molecule has 0 bridgehead atoms. The lowest BCUT2D eigenvalue weighted by atomic mass is 10.0. The highest BCUT2D eigenvalue weighted by Gasteiger charge is 2.19. The molecule has 0 aliphatic rings. The van der Waals surface area contributed by atoms with Crippen molar-refractivity contribution in [2.24, 2.45) is 0 Å². The van der Waals surface area contributed by atoms with Crippen LogP contribution in [0.1, 0.15) is 62.9 Å². The second-order valence-corrected chi connectivity index (χ2v) is 7.75. The predicted molar refractivity (Wildman–Crippen MR) is 114 cm³/mol. The van der Waals surface area contributed by atoms with Crippen LogP contribution in [-0.4, -0.2) is 33.4 Å². The van der Waals surface area contributed by atoms with Gasteiger partial charge in [-0.1, -0.05) is 20.8 Å². The molecule has 0 fully saturated rings. The SMILES string of the molecule is CCc1cc2c(nc1-c1ccc(C(C)C)nc1OC)c(C)cn2[C@H](C)CCO. The van der Waals surface area contributed by atoms with Gasteiger partial charge in [0.25, 0.3) is 0 Å². The monoisotopic (exact) mass is 381 g/mol. The molecule has 28 heavy (non-hydrogen) atoms. The van der Waals surface area contributed by atoms with Gasteiger partial charge in [0.15, 0.2) is 0 Å². The molecule has 0 radical (unpaired) electrons. The summed E-state index contributed by atoms with van der Waals surface area (Å²) in [6, 6.07) is 6.60. The first-order valence-corrected chi connectivity index (χ1v) is 10.1. The number of fused-ring (bicyclic) bond motifs is 1. The van der Waals surface area contributed by atoms with Crippen LogP contribution in [0.25, 0.3) is 22.3 Å². The average molecular weight is 382 g/mol. The van der Waals surface area contributed by atoms with Gasteiger partial charge in [-0.3, -0.25) is 0 Å². The fourth-order valence-corrected chi connectivity index (χ4v) is 3.67. The first-order valence-electron chi connectivity index (χ1n) is 10.1. The Morgan fingerprint density at radius 1 is 1.18 bits per heavy atom. The minimum atomic E-state index is 0.178. The second-order valence-electron chi connectivity index (χ2n) is 7.75. The van der Waals surface area contributed by atoms with Gasteiger partial charge in [0.1, 0.15) is 0 Å². The molecule has 0 aliphatic carbocycles. The molecule has 0 aromatic carbocycles. The molecular weight excluding hydrogens is 350 g/mol. The molecule has 0 unspecified atom stereocenters. The predicted octanol–water partition coefficient (Wildman–Crippen LogP) is 5.04. The number of nitrogens with zero attached hydrogens (tertiary/aromatic N) is 3. The van der Waals surface area contributed by atoms with Gasteiger partial charge < -0.3 is 14.4 Å². The zero-order chi connectivity index (χ0) is 20.4. The van der Waals surface area contributed by atoms with Crippen molar-refractivity contribution in [3.8, 4) is 17.1 Å². The summed E-state index contributed by atoms with van der Waals surface area (Å²) in [6.45, 7) is 10.8. The Hall–Kier alpha value is -2.40. The molecule has 0 amide bonds. The first kappa shape index (κ1) is 20.3. The summed E-state index contributed by atoms with van der Waals surface area (Å²) in [5.74, 6) is 0.965. The van der Waals surface area contributed by atoms with Crippen molar-refractivity contribution >= 4 is 11.0 Å². The van der Waals surface area contributed by atoms with Gasteiger partial charge in [-0.05, 0) is 61.9 Å². The fraction of sp³-hybridized carbons (Fsp3) is 0.478. The summed E-state index contributed by atoms with van der Waals surface area (Å²) >= 11 is 0. The van der Waals surface area contributed by atoms with E-state index in [1.54, 1.807) is 7.11 Å². The molecule has 0 spiro atoms. The highest BCUT2D eigenvalue weighted by molar-refractivity contribution is 5.85. The molecule has 3 heterocycles. The third kappa shape index (κ3) is 3.63. The van der Waals surface area contributed by atoms with Crippen LogP contribution in [0.3, 0.4) is 0 Å². The van der Waals surface area contributed by atoms with Gasteiger partial charge in [0.05, 0.1) is 29.4 Å². The van der Waals surface area contributed by atoms with Crippen LogP contribution < -0.4 is 4.74 Å². The zero-order valence-electron chi connectivity index (χ0n) is 17.8. The van der Waals surface area contributed by atoms with Gasteiger partial charge >= 0.3 is 0 Å². The van der Waals surface area contributed by atoms with E-state index in [-0.39, 0.29) is 12.6 Å². The molecule has 0 saturated heterocycles. The third-order valence-corrected chi connectivity index (χ3v) is 5.39. The normalized spacial score (nSPS) is 12.7. The average Bonchev–Trinajstić information content (AvgIpc) is 3.02. The molecule has 5 heteroatoms. The van der Waals surface area contributed by atoms with Crippen LogP contribution in [0, 0.1) is 6.92 Å². The third-order valence-electron chi connectivity index (χ3n) is 5.39. The van der Waals surface area contributed by atoms with Crippen molar-refractivity contribution in [1.29, 1.82) is 0 Å². The summed E-state index contributed by atoms with van der Waals surface area (Å²) < 4.78 is 7.85. The fourth-order valence-electron chi connectivity index (χ4n) is 3.67. The number of aryl methyl sites for hydroxylation is 2. The summed E-state index contributed by atoms with van der Waals surface area (Å²) in [7, 11) is 1.67. The molecule has 5 nitrogen and oxygen atoms in total. The van der Waals surface area contributed by atoms with Crippen molar-refractivity contribution in [2.75, 3.05) is 13.7 Å². The quantitative estimate of drug-likeness (QED) is 0.622. The molecule has 0 aliphatic heterocycles. The molecular formula is C23H31N3O2. The van der Waals surface area contributed by atoms with Crippen LogP contribution in [0.15, 0.2) is 24.4 Å². The second kappa shape index (κ2) is 8.31. The molecule has 0 saturated carbocycles. The van der Waals surface area contributed by atoms with Crippen molar-refractivity contribution in [1.82, 2.24) is 14.5 Å². The van der Waals surface area contributed by atoms with Crippen molar-refractivity contribution in [2.45, 2.75) is 59.4 Å². The Bertz CT molecular complexity index is 976. The molecule has 3 aromatic rings. The Labute approximate surface area is 167 Å². The van der Waals surface area contributed by atoms with E-state index < -0.39 is 0 Å². The smallest absolute Gasteiger partial charge is 0.222 e. The number of aliphatic hydroxyl groups is 1. The summed E-state index contributed by atoms with van der Waals surface area (Å²) in [5.41, 5.74) is 7.29. The zero-order valence-corrected chi connectivity index (χ0v) is 17.8. The minimum Gasteiger partial charge on any atom is -0.480 e. The van der Waals surface area contributed by atoms with Crippen LogP contribution >= 0.6 is 0 Å². The topological polar surface area (TPSA) is 60.2 Å². The lowest BCUT2D eigenvalue weighted by Crippen LogP contribution is -2.06. The number of methoxy groups -OCH3 is 1.